The smallest absolute Gasteiger partial charge is 0.0471 e. The fourth-order valence-corrected chi connectivity index (χ4v) is 3.35. The lowest BCUT2D eigenvalue weighted by Crippen LogP contribution is -2.05. The molecule has 0 aliphatic heterocycles. The lowest BCUT2D eigenvalue weighted by molar-refractivity contribution is 0.559. The summed E-state index contributed by atoms with van der Waals surface area (Å²) in [5.74, 6) is 1.17. The largest absolute Gasteiger partial charge is 0.361 e. The summed E-state index contributed by atoms with van der Waals surface area (Å²) in [7, 11) is 0. The first-order valence-corrected chi connectivity index (χ1v) is 6.40. The molecule has 1 heterocycles. The Hall–Kier alpha value is -0.990. The van der Waals surface area contributed by atoms with Gasteiger partial charge in [-0.2, -0.15) is 0 Å². The number of aromatic nitrogens is 1. The van der Waals surface area contributed by atoms with Crippen molar-refractivity contribution in [3.05, 3.63) is 35.0 Å². The van der Waals surface area contributed by atoms with Crippen LogP contribution in [0.5, 0.6) is 0 Å². The van der Waals surface area contributed by atoms with E-state index in [0.717, 1.165) is 17.1 Å². The lowest BCUT2D eigenvalue weighted by Gasteiger charge is -2.01. The molecular formula is C14H17ClN2. The number of H-pyrrole nitrogens is 1. The van der Waals surface area contributed by atoms with Gasteiger partial charge in [-0.25, -0.2) is 0 Å². The summed E-state index contributed by atoms with van der Waals surface area (Å²) in [5.41, 5.74) is 8.67. The summed E-state index contributed by atoms with van der Waals surface area (Å²) in [4.78, 5) is 3.31. The molecule has 1 aromatic heterocycles. The van der Waals surface area contributed by atoms with Crippen molar-refractivity contribution in [1.82, 2.24) is 4.98 Å². The molecule has 90 valence electrons. The summed E-state index contributed by atoms with van der Waals surface area (Å²) < 4.78 is 0. The van der Waals surface area contributed by atoms with Crippen LogP contribution in [-0.2, 0) is 0 Å². The maximum Gasteiger partial charge on any atom is 0.0471 e. The zero-order chi connectivity index (χ0) is 12.2. The van der Waals surface area contributed by atoms with E-state index in [-0.39, 0.29) is 0 Å². The molecule has 3 heteroatoms. The van der Waals surface area contributed by atoms with Crippen LogP contribution in [-0.4, -0.2) is 11.5 Å². The van der Waals surface area contributed by atoms with Gasteiger partial charge in [-0.1, -0.05) is 31.5 Å². The lowest BCUT2D eigenvalue weighted by atomic mass is 10.0. The first kappa shape index (κ1) is 11.1. The molecular weight excluding hydrogens is 232 g/mol. The highest BCUT2D eigenvalue weighted by atomic mass is 35.5. The van der Waals surface area contributed by atoms with Gasteiger partial charge in [0.1, 0.15) is 0 Å². The molecule has 2 atom stereocenters. The van der Waals surface area contributed by atoms with Crippen LogP contribution in [0.15, 0.2) is 24.4 Å². The van der Waals surface area contributed by atoms with E-state index in [4.69, 9.17) is 17.3 Å². The van der Waals surface area contributed by atoms with Gasteiger partial charge in [0, 0.05) is 22.1 Å². The maximum atomic E-state index is 6.00. The number of hydrogen-bond acceptors (Lipinski definition) is 1. The van der Waals surface area contributed by atoms with Crippen molar-refractivity contribution in [2.75, 3.05) is 6.54 Å². The Morgan fingerprint density at radius 1 is 1.41 bits per heavy atom. The standard InChI is InChI=1S/C14H17ClN2/c1-14(2)11(6-16)13(14)10-7-17-12-5-8(15)3-4-9(10)12/h3-5,7,11,13,17H,6,16H2,1-2H3. The molecule has 0 amide bonds. The van der Waals surface area contributed by atoms with Gasteiger partial charge in [-0.3, -0.25) is 0 Å². The number of nitrogens with two attached hydrogens (primary N) is 1. The molecule has 0 radical (unpaired) electrons. The summed E-state index contributed by atoms with van der Waals surface area (Å²) >= 11 is 6.00. The van der Waals surface area contributed by atoms with E-state index in [0.29, 0.717) is 17.3 Å². The number of nitrogens with one attached hydrogen (secondary N) is 1. The van der Waals surface area contributed by atoms with Gasteiger partial charge in [0.25, 0.3) is 0 Å². The predicted molar refractivity (Wildman–Crippen MR) is 72.4 cm³/mol. The normalized spacial score (nSPS) is 26.4. The molecule has 3 rings (SSSR count). The minimum absolute atomic E-state index is 0.323. The van der Waals surface area contributed by atoms with Crippen molar-refractivity contribution in [1.29, 1.82) is 0 Å². The van der Waals surface area contributed by atoms with Crippen molar-refractivity contribution in [2.45, 2.75) is 19.8 Å². The predicted octanol–water partition coefficient (Wildman–Crippen LogP) is 3.52. The van der Waals surface area contributed by atoms with Crippen molar-refractivity contribution in [3.8, 4) is 0 Å². The Kier molecular flexibility index (Phi) is 2.29. The molecule has 1 fully saturated rings. The molecule has 2 nitrogen and oxygen atoms in total. The molecule has 0 saturated heterocycles. The molecule has 17 heavy (non-hydrogen) atoms. The second-order valence-corrected chi connectivity index (χ2v) is 6.01. The van der Waals surface area contributed by atoms with E-state index in [9.17, 15) is 0 Å². The van der Waals surface area contributed by atoms with Crippen LogP contribution >= 0.6 is 11.6 Å². The average molecular weight is 249 g/mol. The van der Waals surface area contributed by atoms with Crippen LogP contribution in [0.3, 0.4) is 0 Å². The number of fused-ring (bicyclic) bond motifs is 1. The number of rotatable bonds is 2. The van der Waals surface area contributed by atoms with E-state index in [2.05, 4.69) is 31.1 Å². The van der Waals surface area contributed by atoms with Crippen LogP contribution in [0, 0.1) is 11.3 Å². The van der Waals surface area contributed by atoms with E-state index >= 15 is 0 Å². The van der Waals surface area contributed by atoms with Crippen molar-refractivity contribution in [2.24, 2.45) is 17.1 Å². The van der Waals surface area contributed by atoms with E-state index in [1.165, 1.54) is 10.9 Å². The second-order valence-electron chi connectivity index (χ2n) is 5.58. The zero-order valence-electron chi connectivity index (χ0n) is 10.1. The minimum atomic E-state index is 0.323. The van der Waals surface area contributed by atoms with Crippen molar-refractivity contribution < 1.29 is 0 Å². The Morgan fingerprint density at radius 3 is 2.82 bits per heavy atom. The number of halogens is 1. The van der Waals surface area contributed by atoms with E-state index in [1.807, 2.05) is 12.1 Å². The molecule has 1 aliphatic carbocycles. The molecule has 3 N–H and O–H groups in total. The fraction of sp³-hybridized carbons (Fsp3) is 0.429. The van der Waals surface area contributed by atoms with Crippen LogP contribution < -0.4 is 5.73 Å². The summed E-state index contributed by atoms with van der Waals surface area (Å²) in [6.07, 6.45) is 2.11. The summed E-state index contributed by atoms with van der Waals surface area (Å²) in [5, 5.41) is 2.06. The minimum Gasteiger partial charge on any atom is -0.361 e. The number of aromatic amines is 1. The number of benzene rings is 1. The first-order chi connectivity index (χ1) is 8.05. The Labute approximate surface area is 106 Å². The summed E-state index contributed by atoms with van der Waals surface area (Å²) in [6, 6.07) is 6.03. The average Bonchev–Trinajstić information content (AvgIpc) is 2.65. The highest BCUT2D eigenvalue weighted by molar-refractivity contribution is 6.31. The van der Waals surface area contributed by atoms with Crippen LogP contribution in [0.1, 0.15) is 25.3 Å². The molecule has 1 aliphatic rings. The third-order valence-electron chi connectivity index (χ3n) is 4.32. The van der Waals surface area contributed by atoms with Crippen molar-refractivity contribution >= 4 is 22.5 Å². The highest BCUT2D eigenvalue weighted by Gasteiger charge is 2.57. The highest BCUT2D eigenvalue weighted by Crippen LogP contribution is 2.64. The van der Waals surface area contributed by atoms with Gasteiger partial charge in [0.05, 0.1) is 0 Å². The van der Waals surface area contributed by atoms with Gasteiger partial charge in [-0.15, -0.1) is 0 Å². The quantitative estimate of drug-likeness (QED) is 0.839. The van der Waals surface area contributed by atoms with Crippen LogP contribution in [0.2, 0.25) is 5.02 Å². The summed E-state index contributed by atoms with van der Waals surface area (Å²) in [6.45, 7) is 5.35. The second kappa shape index (κ2) is 3.50. The first-order valence-electron chi connectivity index (χ1n) is 6.02. The van der Waals surface area contributed by atoms with Gasteiger partial charge in [0.15, 0.2) is 0 Å². The Balaban J connectivity index is 2.08. The Bertz CT molecular complexity index is 571. The monoisotopic (exact) mass is 248 g/mol. The van der Waals surface area contributed by atoms with Crippen LogP contribution in [0.25, 0.3) is 10.9 Å². The molecule has 0 spiro atoms. The van der Waals surface area contributed by atoms with Gasteiger partial charge >= 0.3 is 0 Å². The SMILES string of the molecule is CC1(C)C(CN)C1c1c[nH]c2cc(Cl)ccc12. The number of hydrogen-bond donors (Lipinski definition) is 2. The third kappa shape index (κ3) is 1.51. The van der Waals surface area contributed by atoms with Crippen LogP contribution in [0.4, 0.5) is 0 Å². The fourth-order valence-electron chi connectivity index (χ4n) is 3.18. The molecule has 2 aromatic rings. The van der Waals surface area contributed by atoms with Gasteiger partial charge in [0.2, 0.25) is 0 Å². The molecule has 1 aromatic carbocycles. The topological polar surface area (TPSA) is 41.8 Å². The molecule has 0 bridgehead atoms. The van der Waals surface area contributed by atoms with E-state index < -0.39 is 0 Å². The maximum absolute atomic E-state index is 6.00. The zero-order valence-corrected chi connectivity index (χ0v) is 10.9. The van der Waals surface area contributed by atoms with E-state index in [1.54, 1.807) is 0 Å². The Morgan fingerprint density at radius 2 is 2.18 bits per heavy atom. The molecule has 2 unspecified atom stereocenters. The van der Waals surface area contributed by atoms with Crippen molar-refractivity contribution in [3.63, 3.8) is 0 Å². The van der Waals surface area contributed by atoms with Gasteiger partial charge in [-0.05, 0) is 41.5 Å². The molecule has 1 saturated carbocycles. The third-order valence-corrected chi connectivity index (χ3v) is 4.55. The van der Waals surface area contributed by atoms with Gasteiger partial charge < -0.3 is 10.7 Å².